The van der Waals surface area contributed by atoms with Crippen molar-refractivity contribution in [3.05, 3.63) is 12.2 Å². The summed E-state index contributed by atoms with van der Waals surface area (Å²) < 4.78 is 22.3. The molecule has 1 unspecified atom stereocenters. The molecule has 0 radical (unpaired) electrons. The summed E-state index contributed by atoms with van der Waals surface area (Å²) in [6.07, 6.45) is 16.5. The Labute approximate surface area is 218 Å². The average Bonchev–Trinajstić information content (AvgIpc) is 2.85. The molecule has 0 aliphatic carbocycles. The summed E-state index contributed by atoms with van der Waals surface area (Å²) >= 11 is 3.88. The third-order valence-corrected chi connectivity index (χ3v) is 9.86. The van der Waals surface area contributed by atoms with Gasteiger partial charge in [-0.05, 0) is 70.3 Å². The van der Waals surface area contributed by atoms with Crippen LogP contribution in [0.4, 0.5) is 0 Å². The predicted octanol–water partition coefficient (Wildman–Crippen LogP) is 7.17. The maximum Gasteiger partial charge on any atom is 0.156 e. The van der Waals surface area contributed by atoms with Gasteiger partial charge in [-0.2, -0.15) is 0 Å². The molecule has 7 heteroatoms. The summed E-state index contributed by atoms with van der Waals surface area (Å²) in [5, 5.41) is 11.7. The second kappa shape index (κ2) is 20.3. The summed E-state index contributed by atoms with van der Waals surface area (Å²) in [6.45, 7) is 6.76. The summed E-state index contributed by atoms with van der Waals surface area (Å²) in [6, 6.07) is 0. The molecule has 0 saturated carbocycles. The number of aliphatic hydroxyl groups is 1. The lowest BCUT2D eigenvalue weighted by atomic mass is 10.00. The monoisotopic (exact) mass is 520 g/mol. The van der Waals surface area contributed by atoms with Crippen molar-refractivity contribution in [2.24, 2.45) is 0 Å². The molecule has 1 saturated heterocycles. The van der Waals surface area contributed by atoms with Crippen molar-refractivity contribution >= 4 is 23.5 Å². The van der Waals surface area contributed by atoms with E-state index in [4.69, 9.17) is 18.9 Å². The lowest BCUT2D eigenvalue weighted by Gasteiger charge is -2.43. The number of allylic oxidation sites excluding steroid dienone is 1. The molecule has 1 fully saturated rings. The Bertz CT molecular complexity index is 495. The molecule has 0 bridgehead atoms. The maximum atomic E-state index is 11.7. The minimum Gasteiger partial charge on any atom is -0.388 e. The summed E-state index contributed by atoms with van der Waals surface area (Å²) in [5.74, 6) is 2.21. The Morgan fingerprint density at radius 2 is 1.65 bits per heavy atom. The van der Waals surface area contributed by atoms with Crippen LogP contribution in [0.25, 0.3) is 0 Å². The van der Waals surface area contributed by atoms with Crippen LogP contribution in [0, 0.1) is 0 Å². The third kappa shape index (κ3) is 13.0. The molecular formula is C27H52O5S2. The minimum absolute atomic E-state index is 0.0992. The van der Waals surface area contributed by atoms with E-state index in [0.717, 1.165) is 62.9 Å². The van der Waals surface area contributed by atoms with E-state index in [1.54, 1.807) is 14.2 Å². The molecule has 0 amide bonds. The number of thioether (sulfide) groups is 2. The van der Waals surface area contributed by atoms with E-state index in [1.807, 2.05) is 37.4 Å². The highest BCUT2D eigenvalue weighted by molar-refractivity contribution is 8.18. The molecule has 1 aliphatic rings. The lowest BCUT2D eigenvalue weighted by molar-refractivity contribution is -0.181. The summed E-state index contributed by atoms with van der Waals surface area (Å²) in [4.78, 5) is 0. The van der Waals surface area contributed by atoms with E-state index in [1.165, 1.54) is 25.7 Å². The van der Waals surface area contributed by atoms with Gasteiger partial charge in [0.15, 0.2) is 12.6 Å². The van der Waals surface area contributed by atoms with E-state index in [0.29, 0.717) is 6.61 Å². The van der Waals surface area contributed by atoms with Gasteiger partial charge in [-0.25, -0.2) is 0 Å². The predicted molar refractivity (Wildman–Crippen MR) is 148 cm³/mol. The number of hydrogen-bond acceptors (Lipinski definition) is 7. The number of methoxy groups -OCH3 is 2. The van der Waals surface area contributed by atoms with E-state index in [-0.39, 0.29) is 22.8 Å². The van der Waals surface area contributed by atoms with Gasteiger partial charge in [0.1, 0.15) is 6.10 Å². The van der Waals surface area contributed by atoms with Crippen LogP contribution in [0.2, 0.25) is 0 Å². The maximum absolute atomic E-state index is 11.7. The molecule has 5 nitrogen and oxygen atoms in total. The number of aliphatic hydroxyl groups excluding tert-OH is 1. The fourth-order valence-corrected chi connectivity index (χ4v) is 7.85. The molecule has 0 aromatic rings. The molecule has 0 spiro atoms. The zero-order valence-electron chi connectivity index (χ0n) is 22.5. The van der Waals surface area contributed by atoms with Crippen LogP contribution in [0.1, 0.15) is 97.8 Å². The van der Waals surface area contributed by atoms with Gasteiger partial charge in [0.25, 0.3) is 0 Å². The van der Waals surface area contributed by atoms with Crippen LogP contribution in [0.15, 0.2) is 12.2 Å². The first-order valence-electron chi connectivity index (χ1n) is 13.5. The quantitative estimate of drug-likeness (QED) is 0.0978. The first kappa shape index (κ1) is 32.3. The molecule has 34 heavy (non-hydrogen) atoms. The van der Waals surface area contributed by atoms with Crippen LogP contribution in [0.3, 0.4) is 0 Å². The van der Waals surface area contributed by atoms with Crippen LogP contribution in [-0.4, -0.2) is 66.3 Å². The fourth-order valence-electron chi connectivity index (χ4n) is 4.34. The minimum atomic E-state index is -0.530. The van der Waals surface area contributed by atoms with Gasteiger partial charge in [-0.3, -0.25) is 0 Å². The average molecular weight is 521 g/mol. The van der Waals surface area contributed by atoms with Gasteiger partial charge in [-0.1, -0.05) is 51.2 Å². The number of ether oxygens (including phenoxy) is 4. The van der Waals surface area contributed by atoms with E-state index < -0.39 is 6.10 Å². The largest absolute Gasteiger partial charge is 0.388 e. The number of unbranched alkanes of at least 4 members (excludes halogenated alkanes) is 6. The first-order chi connectivity index (χ1) is 16.5. The van der Waals surface area contributed by atoms with Gasteiger partial charge in [0.05, 0.1) is 10.2 Å². The van der Waals surface area contributed by atoms with E-state index in [2.05, 4.69) is 19.1 Å². The highest BCUT2D eigenvalue weighted by Crippen LogP contribution is 2.50. The van der Waals surface area contributed by atoms with E-state index in [9.17, 15) is 5.11 Å². The van der Waals surface area contributed by atoms with Crippen LogP contribution < -0.4 is 0 Å². The normalized spacial score (nSPS) is 19.0. The molecule has 1 heterocycles. The van der Waals surface area contributed by atoms with Crippen LogP contribution >= 0.6 is 23.5 Å². The van der Waals surface area contributed by atoms with Crippen LogP contribution in [-0.2, 0) is 18.9 Å². The second-order valence-corrected chi connectivity index (χ2v) is 12.2. The molecule has 1 aliphatic heterocycles. The van der Waals surface area contributed by atoms with Crippen molar-refractivity contribution < 1.29 is 24.1 Å². The Kier molecular flexibility index (Phi) is 19.3. The zero-order chi connectivity index (χ0) is 25.1. The van der Waals surface area contributed by atoms with Crippen molar-refractivity contribution in [2.75, 3.05) is 32.3 Å². The van der Waals surface area contributed by atoms with Gasteiger partial charge in [0.2, 0.25) is 0 Å². The smallest absolute Gasteiger partial charge is 0.156 e. The molecule has 0 aromatic carbocycles. The lowest BCUT2D eigenvalue weighted by Crippen LogP contribution is -2.48. The molecular weight excluding hydrogens is 468 g/mol. The second-order valence-electron chi connectivity index (χ2n) is 9.06. The Morgan fingerprint density at radius 1 is 0.941 bits per heavy atom. The number of hydrogen-bond donors (Lipinski definition) is 1. The fraction of sp³-hybridized carbons (Fsp3) is 0.926. The summed E-state index contributed by atoms with van der Waals surface area (Å²) in [7, 11) is 3.39. The van der Waals surface area contributed by atoms with Crippen LogP contribution in [0.5, 0.6) is 0 Å². The van der Waals surface area contributed by atoms with Crippen molar-refractivity contribution in [3.63, 3.8) is 0 Å². The third-order valence-electron chi connectivity index (χ3n) is 6.30. The number of rotatable bonds is 21. The van der Waals surface area contributed by atoms with Crippen molar-refractivity contribution in [1.29, 1.82) is 0 Å². The highest BCUT2D eigenvalue weighted by Gasteiger charge is 2.44. The Balaban J connectivity index is 2.71. The van der Waals surface area contributed by atoms with Gasteiger partial charge in [-0.15, -0.1) is 23.5 Å². The SMILES string of the molecule is CCCCC/C=C\C[C@H](OC(C)OCC)[C@@H](O)C1(CCCCCCC(OC)OC)SCCCS1. The molecule has 0 aromatic heterocycles. The Morgan fingerprint density at radius 3 is 2.29 bits per heavy atom. The molecule has 3 atom stereocenters. The first-order valence-corrected chi connectivity index (χ1v) is 15.4. The standard InChI is InChI=1S/C27H52O5S2/c1-6-8-9-10-11-14-18-24(32-23(3)31-7-2)26(28)27(33-21-17-22-34-27)20-16-13-12-15-19-25(29-4)30-5/h11,14,23-26,28H,6-10,12-13,15-22H2,1-5H3/b14-11-/t23?,24-,26+/m0/s1. The molecule has 202 valence electrons. The summed E-state index contributed by atoms with van der Waals surface area (Å²) in [5.41, 5.74) is 0. The Hall–Kier alpha value is 0.240. The van der Waals surface area contributed by atoms with Gasteiger partial charge < -0.3 is 24.1 Å². The van der Waals surface area contributed by atoms with Crippen molar-refractivity contribution in [2.45, 2.75) is 127 Å². The van der Waals surface area contributed by atoms with E-state index >= 15 is 0 Å². The van der Waals surface area contributed by atoms with Crippen molar-refractivity contribution in [3.8, 4) is 0 Å². The van der Waals surface area contributed by atoms with Gasteiger partial charge >= 0.3 is 0 Å². The topological polar surface area (TPSA) is 57.2 Å². The van der Waals surface area contributed by atoms with Crippen molar-refractivity contribution in [1.82, 2.24) is 0 Å². The highest BCUT2D eigenvalue weighted by atomic mass is 32.2. The zero-order valence-corrected chi connectivity index (χ0v) is 24.1. The van der Waals surface area contributed by atoms with Gasteiger partial charge in [0, 0.05) is 20.8 Å². The molecule has 1 rings (SSSR count). The molecule has 1 N–H and O–H groups in total.